The van der Waals surface area contributed by atoms with Gasteiger partial charge in [0.2, 0.25) is 5.95 Å². The van der Waals surface area contributed by atoms with Gasteiger partial charge < -0.3 is 10.2 Å². The van der Waals surface area contributed by atoms with Crippen LogP contribution in [0.5, 0.6) is 0 Å². The molecule has 0 atom stereocenters. The fourth-order valence-corrected chi connectivity index (χ4v) is 1.54. The lowest BCUT2D eigenvalue weighted by atomic mass is 10.4. The largest absolute Gasteiger partial charge is 0.338 e. The van der Waals surface area contributed by atoms with Crippen LogP contribution in [0.2, 0.25) is 0 Å². The standard InChI is InChI=1S/C8H11BrN4.C2H6/c9-7-5-11-8(12-6-7)13-3-1-10-2-4-13;1-2/h5-6,10H,1-4H2;1-2H3. The van der Waals surface area contributed by atoms with Gasteiger partial charge >= 0.3 is 0 Å². The first-order valence-electron chi connectivity index (χ1n) is 5.29. The lowest BCUT2D eigenvalue weighted by Crippen LogP contribution is -2.44. The number of hydrogen-bond acceptors (Lipinski definition) is 4. The third-order valence-corrected chi connectivity index (χ3v) is 2.42. The summed E-state index contributed by atoms with van der Waals surface area (Å²) in [5.74, 6) is 0.824. The minimum Gasteiger partial charge on any atom is -0.338 e. The van der Waals surface area contributed by atoms with E-state index >= 15 is 0 Å². The average Bonchev–Trinajstić information content (AvgIpc) is 2.34. The Balaban J connectivity index is 0.000000531. The van der Waals surface area contributed by atoms with Gasteiger partial charge in [-0.15, -0.1) is 0 Å². The van der Waals surface area contributed by atoms with Crippen LogP contribution in [0.25, 0.3) is 0 Å². The van der Waals surface area contributed by atoms with Crippen LogP contribution in [0, 0.1) is 0 Å². The highest BCUT2D eigenvalue weighted by atomic mass is 79.9. The molecular formula is C10H17BrN4. The third kappa shape index (κ3) is 3.76. The van der Waals surface area contributed by atoms with Crippen LogP contribution < -0.4 is 10.2 Å². The first kappa shape index (κ1) is 12.4. The summed E-state index contributed by atoms with van der Waals surface area (Å²) >= 11 is 3.31. The number of rotatable bonds is 1. The van der Waals surface area contributed by atoms with E-state index in [1.807, 2.05) is 13.8 Å². The number of nitrogens with zero attached hydrogens (tertiary/aromatic N) is 3. The molecule has 4 nitrogen and oxygen atoms in total. The number of halogens is 1. The molecule has 0 radical (unpaired) electrons. The molecule has 15 heavy (non-hydrogen) atoms. The molecule has 0 aromatic carbocycles. The van der Waals surface area contributed by atoms with Crippen LogP contribution in [0.3, 0.4) is 0 Å². The van der Waals surface area contributed by atoms with Gasteiger partial charge in [0, 0.05) is 38.6 Å². The third-order valence-electron chi connectivity index (χ3n) is 2.01. The first-order valence-corrected chi connectivity index (χ1v) is 6.09. The molecule has 2 rings (SSSR count). The van der Waals surface area contributed by atoms with Crippen LogP contribution >= 0.6 is 15.9 Å². The minimum atomic E-state index is 0.824. The minimum absolute atomic E-state index is 0.824. The quantitative estimate of drug-likeness (QED) is 0.845. The molecule has 1 aromatic rings. The van der Waals surface area contributed by atoms with Crippen molar-refractivity contribution in [2.24, 2.45) is 0 Å². The summed E-state index contributed by atoms with van der Waals surface area (Å²) in [4.78, 5) is 10.7. The van der Waals surface area contributed by atoms with E-state index < -0.39 is 0 Å². The van der Waals surface area contributed by atoms with E-state index in [1.54, 1.807) is 12.4 Å². The van der Waals surface area contributed by atoms with Crippen LogP contribution in [-0.2, 0) is 0 Å². The van der Waals surface area contributed by atoms with Crippen molar-refractivity contribution < 1.29 is 0 Å². The Bertz CT molecular complexity index is 269. The number of piperazine rings is 1. The molecule has 1 aliphatic rings. The zero-order valence-electron chi connectivity index (χ0n) is 9.20. The van der Waals surface area contributed by atoms with E-state index in [0.717, 1.165) is 36.6 Å². The fraction of sp³-hybridized carbons (Fsp3) is 0.600. The van der Waals surface area contributed by atoms with Crippen molar-refractivity contribution in [2.75, 3.05) is 31.1 Å². The smallest absolute Gasteiger partial charge is 0.225 e. The summed E-state index contributed by atoms with van der Waals surface area (Å²) in [6.45, 7) is 8.00. The van der Waals surface area contributed by atoms with E-state index in [1.165, 1.54) is 0 Å². The van der Waals surface area contributed by atoms with Gasteiger partial charge in [-0.05, 0) is 15.9 Å². The van der Waals surface area contributed by atoms with Crippen molar-refractivity contribution in [2.45, 2.75) is 13.8 Å². The van der Waals surface area contributed by atoms with Crippen LogP contribution in [0.15, 0.2) is 16.9 Å². The Hall–Kier alpha value is -0.680. The summed E-state index contributed by atoms with van der Waals surface area (Å²) in [7, 11) is 0. The van der Waals surface area contributed by atoms with E-state index in [0.29, 0.717) is 0 Å². The topological polar surface area (TPSA) is 41.1 Å². The molecule has 0 spiro atoms. The highest BCUT2D eigenvalue weighted by Gasteiger charge is 2.11. The van der Waals surface area contributed by atoms with E-state index in [9.17, 15) is 0 Å². The zero-order valence-corrected chi connectivity index (χ0v) is 10.8. The molecular weight excluding hydrogens is 256 g/mol. The first-order chi connectivity index (χ1) is 7.36. The van der Waals surface area contributed by atoms with Crippen LogP contribution in [0.4, 0.5) is 5.95 Å². The Labute approximate surface area is 99.2 Å². The molecule has 0 aliphatic carbocycles. The molecule has 1 fully saturated rings. The molecule has 0 unspecified atom stereocenters. The Morgan fingerprint density at radius 1 is 1.20 bits per heavy atom. The van der Waals surface area contributed by atoms with Crippen molar-refractivity contribution in [3.8, 4) is 0 Å². The van der Waals surface area contributed by atoms with E-state index in [-0.39, 0.29) is 0 Å². The second-order valence-corrected chi connectivity index (χ2v) is 3.85. The van der Waals surface area contributed by atoms with E-state index in [4.69, 9.17) is 0 Å². The monoisotopic (exact) mass is 272 g/mol. The average molecular weight is 273 g/mol. The van der Waals surface area contributed by atoms with Crippen LogP contribution in [-0.4, -0.2) is 36.1 Å². The van der Waals surface area contributed by atoms with Gasteiger partial charge in [0.05, 0.1) is 4.47 Å². The molecule has 1 N–H and O–H groups in total. The van der Waals surface area contributed by atoms with Gasteiger partial charge in [-0.3, -0.25) is 0 Å². The SMILES string of the molecule is Brc1cnc(N2CCNCC2)nc1.CC. The second kappa shape index (κ2) is 6.74. The second-order valence-electron chi connectivity index (χ2n) is 2.94. The van der Waals surface area contributed by atoms with Gasteiger partial charge in [0.25, 0.3) is 0 Å². The summed E-state index contributed by atoms with van der Waals surface area (Å²) < 4.78 is 0.923. The molecule has 0 saturated carbocycles. The van der Waals surface area contributed by atoms with Gasteiger partial charge in [-0.2, -0.15) is 0 Å². The highest BCUT2D eigenvalue weighted by molar-refractivity contribution is 9.10. The van der Waals surface area contributed by atoms with Crippen LogP contribution in [0.1, 0.15) is 13.8 Å². The molecule has 1 saturated heterocycles. The molecule has 2 heterocycles. The maximum absolute atomic E-state index is 4.24. The Morgan fingerprint density at radius 3 is 2.27 bits per heavy atom. The van der Waals surface area contributed by atoms with E-state index in [2.05, 4.69) is 36.1 Å². The van der Waals surface area contributed by atoms with Crippen molar-refractivity contribution >= 4 is 21.9 Å². The maximum atomic E-state index is 4.24. The number of anilines is 1. The maximum Gasteiger partial charge on any atom is 0.225 e. The molecule has 0 amide bonds. The number of nitrogens with one attached hydrogen (secondary N) is 1. The number of aromatic nitrogens is 2. The molecule has 1 aromatic heterocycles. The predicted octanol–water partition coefficient (Wildman–Crippen LogP) is 1.67. The molecule has 1 aliphatic heterocycles. The lowest BCUT2D eigenvalue weighted by molar-refractivity contribution is 0.579. The van der Waals surface area contributed by atoms with Gasteiger partial charge in [0.1, 0.15) is 0 Å². The Morgan fingerprint density at radius 2 is 1.73 bits per heavy atom. The summed E-state index contributed by atoms with van der Waals surface area (Å²) in [5.41, 5.74) is 0. The van der Waals surface area contributed by atoms with Gasteiger partial charge in [-0.1, -0.05) is 13.8 Å². The predicted molar refractivity (Wildman–Crippen MR) is 66.2 cm³/mol. The van der Waals surface area contributed by atoms with Crippen molar-refractivity contribution in [1.82, 2.24) is 15.3 Å². The lowest BCUT2D eigenvalue weighted by Gasteiger charge is -2.27. The van der Waals surface area contributed by atoms with Crippen molar-refractivity contribution in [3.05, 3.63) is 16.9 Å². The Kier molecular flexibility index (Phi) is 5.57. The van der Waals surface area contributed by atoms with Gasteiger partial charge in [0.15, 0.2) is 0 Å². The molecule has 5 heteroatoms. The van der Waals surface area contributed by atoms with Crippen molar-refractivity contribution in [1.29, 1.82) is 0 Å². The summed E-state index contributed by atoms with van der Waals surface area (Å²) in [6.07, 6.45) is 3.56. The molecule has 0 bridgehead atoms. The fourth-order valence-electron chi connectivity index (χ4n) is 1.33. The normalized spacial score (nSPS) is 15.5. The zero-order chi connectivity index (χ0) is 11.1. The summed E-state index contributed by atoms with van der Waals surface area (Å²) in [5, 5.41) is 3.29. The summed E-state index contributed by atoms with van der Waals surface area (Å²) in [6, 6.07) is 0. The highest BCUT2D eigenvalue weighted by Crippen LogP contribution is 2.10. The number of hydrogen-bond donors (Lipinski definition) is 1. The van der Waals surface area contributed by atoms with Crippen molar-refractivity contribution in [3.63, 3.8) is 0 Å². The van der Waals surface area contributed by atoms with Gasteiger partial charge in [-0.25, -0.2) is 9.97 Å². The molecule has 84 valence electrons.